The summed E-state index contributed by atoms with van der Waals surface area (Å²) in [4.78, 5) is 0. The fourth-order valence-electron chi connectivity index (χ4n) is 2.22. The summed E-state index contributed by atoms with van der Waals surface area (Å²) in [7, 11) is 0. The average Bonchev–Trinajstić information content (AvgIpc) is 2.37. The van der Waals surface area contributed by atoms with Gasteiger partial charge in [0.25, 0.3) is 0 Å². The summed E-state index contributed by atoms with van der Waals surface area (Å²) in [5, 5.41) is 18.9. The van der Waals surface area contributed by atoms with Gasteiger partial charge in [-0.2, -0.15) is 0 Å². The molecule has 4 nitrogen and oxygen atoms in total. The number of hydrogen-bond donors (Lipinski definition) is 2. The first-order valence-corrected chi connectivity index (χ1v) is 7.60. The molecule has 0 heterocycles. The van der Waals surface area contributed by atoms with E-state index < -0.39 is 0 Å². The predicted molar refractivity (Wildman–Crippen MR) is 101 cm³/mol. The molecule has 0 saturated carbocycles. The number of para-hydroxylation sites is 2. The van der Waals surface area contributed by atoms with Crippen molar-refractivity contribution in [2.24, 2.45) is 0 Å². The van der Waals surface area contributed by atoms with Crippen molar-refractivity contribution in [3.63, 3.8) is 0 Å². The van der Waals surface area contributed by atoms with E-state index in [1.54, 1.807) is 12.1 Å². The van der Waals surface area contributed by atoms with Crippen LogP contribution in [-0.4, -0.2) is 21.2 Å². The molecule has 0 saturated heterocycles. The van der Waals surface area contributed by atoms with Crippen LogP contribution in [0.3, 0.4) is 0 Å². The van der Waals surface area contributed by atoms with Crippen molar-refractivity contribution >= 4 is 0 Å². The van der Waals surface area contributed by atoms with Crippen molar-refractivity contribution in [1.82, 2.24) is 0 Å². The zero-order chi connectivity index (χ0) is 17.0. The first-order chi connectivity index (χ1) is 10.0. The van der Waals surface area contributed by atoms with Crippen LogP contribution in [0.1, 0.15) is 52.7 Å². The molecule has 1 radical (unpaired) electrons. The van der Waals surface area contributed by atoms with Crippen LogP contribution >= 0.6 is 0 Å². The SMILES string of the molecule is CC(C)(C)c1ccccc1O.CC(C)(C)c1ccccc1O.O.O.[Co]. The monoisotopic (exact) mass is 395 g/mol. The molecule has 145 valence electrons. The Bertz CT molecular complexity index is 558. The molecule has 0 bridgehead atoms. The Morgan fingerprint density at radius 3 is 0.960 bits per heavy atom. The maximum atomic E-state index is 9.45. The summed E-state index contributed by atoms with van der Waals surface area (Å²) in [6, 6.07) is 14.9. The molecule has 0 unspecified atom stereocenters. The number of benzene rings is 2. The van der Waals surface area contributed by atoms with Gasteiger partial charge >= 0.3 is 0 Å². The minimum Gasteiger partial charge on any atom is -0.508 e. The Hall–Kier alpha value is -1.53. The summed E-state index contributed by atoms with van der Waals surface area (Å²) >= 11 is 0. The van der Waals surface area contributed by atoms with Crippen LogP contribution in [0.15, 0.2) is 48.5 Å². The molecule has 5 heteroatoms. The van der Waals surface area contributed by atoms with Crippen LogP contribution in [0.2, 0.25) is 0 Å². The molecule has 2 aromatic rings. The molecule has 0 atom stereocenters. The fraction of sp³-hybridized carbons (Fsp3) is 0.400. The standard InChI is InChI=1S/2C10H14O.Co.2H2O/c2*1-10(2,3)8-6-4-5-7-9(8)11;;;/h2*4-7,11H,1-3H3;;2*1H2. The molecule has 0 aromatic heterocycles. The van der Waals surface area contributed by atoms with Crippen LogP contribution in [0.25, 0.3) is 0 Å². The minimum atomic E-state index is 0. The number of phenolic OH excluding ortho intramolecular Hbond substituents is 2. The van der Waals surface area contributed by atoms with Gasteiger partial charge in [0.2, 0.25) is 0 Å². The number of rotatable bonds is 0. The second-order valence-electron chi connectivity index (χ2n) is 7.53. The van der Waals surface area contributed by atoms with E-state index in [0.717, 1.165) is 11.1 Å². The number of aromatic hydroxyl groups is 2. The first-order valence-electron chi connectivity index (χ1n) is 7.60. The largest absolute Gasteiger partial charge is 0.508 e. The quantitative estimate of drug-likeness (QED) is 0.710. The maximum Gasteiger partial charge on any atom is 0.119 e. The van der Waals surface area contributed by atoms with Crippen LogP contribution in [0, 0.1) is 0 Å². The molecule has 2 rings (SSSR count). The van der Waals surface area contributed by atoms with Gasteiger partial charge < -0.3 is 21.2 Å². The van der Waals surface area contributed by atoms with Crippen molar-refractivity contribution in [3.05, 3.63) is 59.7 Å². The first kappa shape index (κ1) is 28.3. The van der Waals surface area contributed by atoms with Gasteiger partial charge in [0.05, 0.1) is 0 Å². The summed E-state index contributed by atoms with van der Waals surface area (Å²) in [6.07, 6.45) is 0. The average molecular weight is 395 g/mol. The van der Waals surface area contributed by atoms with Gasteiger partial charge in [0, 0.05) is 16.8 Å². The van der Waals surface area contributed by atoms with Gasteiger partial charge in [-0.15, -0.1) is 0 Å². The van der Waals surface area contributed by atoms with Gasteiger partial charge in [-0.05, 0) is 34.1 Å². The Morgan fingerprint density at radius 1 is 0.560 bits per heavy atom. The smallest absolute Gasteiger partial charge is 0.119 e. The van der Waals surface area contributed by atoms with Crippen molar-refractivity contribution < 1.29 is 37.9 Å². The minimum absolute atomic E-state index is 0. The summed E-state index contributed by atoms with van der Waals surface area (Å²) in [5.74, 6) is 0.778. The molecular weight excluding hydrogens is 363 g/mol. The van der Waals surface area contributed by atoms with Gasteiger partial charge in [0.15, 0.2) is 0 Å². The predicted octanol–water partition coefficient (Wildman–Crippen LogP) is 3.73. The van der Waals surface area contributed by atoms with Gasteiger partial charge in [0.1, 0.15) is 11.5 Å². The topological polar surface area (TPSA) is 103 Å². The molecule has 2 aromatic carbocycles. The van der Waals surface area contributed by atoms with E-state index >= 15 is 0 Å². The molecule has 0 aliphatic carbocycles. The Morgan fingerprint density at radius 2 is 0.800 bits per heavy atom. The van der Waals surface area contributed by atoms with Gasteiger partial charge in [-0.3, -0.25) is 0 Å². The molecule has 6 N–H and O–H groups in total. The zero-order valence-electron chi connectivity index (χ0n) is 15.8. The van der Waals surface area contributed by atoms with Crippen molar-refractivity contribution in [1.29, 1.82) is 0 Å². The van der Waals surface area contributed by atoms with E-state index in [-0.39, 0.29) is 38.6 Å². The van der Waals surface area contributed by atoms with Crippen LogP contribution in [0.4, 0.5) is 0 Å². The second kappa shape index (κ2) is 11.2. The maximum absolute atomic E-state index is 9.45. The summed E-state index contributed by atoms with van der Waals surface area (Å²) < 4.78 is 0. The summed E-state index contributed by atoms with van der Waals surface area (Å²) in [5.41, 5.74) is 2.07. The van der Waals surface area contributed by atoms with Gasteiger partial charge in [-0.25, -0.2) is 0 Å². The van der Waals surface area contributed by atoms with E-state index in [1.165, 1.54) is 0 Å². The molecule has 25 heavy (non-hydrogen) atoms. The number of phenols is 2. The van der Waals surface area contributed by atoms with Crippen molar-refractivity contribution in [2.75, 3.05) is 0 Å². The van der Waals surface area contributed by atoms with E-state index in [1.807, 2.05) is 36.4 Å². The van der Waals surface area contributed by atoms with Crippen LogP contribution in [-0.2, 0) is 27.6 Å². The van der Waals surface area contributed by atoms with Crippen molar-refractivity contribution in [3.8, 4) is 11.5 Å². The second-order valence-corrected chi connectivity index (χ2v) is 7.53. The fourth-order valence-corrected chi connectivity index (χ4v) is 2.22. The van der Waals surface area contributed by atoms with E-state index in [9.17, 15) is 10.2 Å². The molecule has 0 aliphatic heterocycles. The normalized spacial score (nSPS) is 10.2. The molecule has 0 fully saturated rings. The third kappa shape index (κ3) is 8.93. The summed E-state index contributed by atoms with van der Waals surface area (Å²) in [6.45, 7) is 12.5. The van der Waals surface area contributed by atoms with E-state index in [4.69, 9.17) is 0 Å². The zero-order valence-corrected chi connectivity index (χ0v) is 16.9. The third-order valence-electron chi connectivity index (χ3n) is 3.42. The molecule has 0 amide bonds. The van der Waals surface area contributed by atoms with Crippen molar-refractivity contribution in [2.45, 2.75) is 52.4 Å². The Kier molecular flexibility index (Phi) is 12.6. The Labute approximate surface area is 161 Å². The molecular formula is C20H32CoO4. The number of hydrogen-bond acceptors (Lipinski definition) is 2. The molecule has 0 spiro atoms. The van der Waals surface area contributed by atoms with Crippen LogP contribution in [0.5, 0.6) is 11.5 Å². The Balaban J connectivity index is -0.000000346. The van der Waals surface area contributed by atoms with Crippen LogP contribution < -0.4 is 0 Å². The van der Waals surface area contributed by atoms with E-state index in [2.05, 4.69) is 41.5 Å². The molecule has 0 aliphatic rings. The third-order valence-corrected chi connectivity index (χ3v) is 3.42. The van der Waals surface area contributed by atoms with Gasteiger partial charge in [-0.1, -0.05) is 77.9 Å². The van der Waals surface area contributed by atoms with E-state index in [0.29, 0.717) is 11.5 Å².